The molecule has 6 rings (SSSR count). The summed E-state index contributed by atoms with van der Waals surface area (Å²) < 4.78 is 73.0. The van der Waals surface area contributed by atoms with Crippen LogP contribution in [0.15, 0.2) is 139 Å². The summed E-state index contributed by atoms with van der Waals surface area (Å²) in [6, 6.07) is 27.3. The molecule has 0 spiro atoms. The van der Waals surface area contributed by atoms with Gasteiger partial charge >= 0.3 is 59.1 Å². The first-order valence-electron chi connectivity index (χ1n) is 13.9. The van der Waals surface area contributed by atoms with Crippen LogP contribution >= 0.6 is 0 Å². The second-order valence-electron chi connectivity index (χ2n) is 10.2. The van der Waals surface area contributed by atoms with Gasteiger partial charge in [0.2, 0.25) is 0 Å². The van der Waals surface area contributed by atoms with Gasteiger partial charge in [-0.2, -0.15) is 10.2 Å². The molecule has 12 nitrogen and oxygen atoms in total. The predicted octanol–water partition coefficient (Wildman–Crippen LogP) is 1.45. The van der Waals surface area contributed by atoms with Crippen LogP contribution in [0.2, 0.25) is 0 Å². The minimum atomic E-state index is -5.12. The normalized spacial score (nSPS) is 11.6. The first-order valence-corrected chi connectivity index (χ1v) is 16.7. The molecule has 0 atom stereocenters. The molecule has 0 aromatic heterocycles. The van der Waals surface area contributed by atoms with Crippen molar-refractivity contribution in [1.82, 2.24) is 0 Å². The van der Waals surface area contributed by atoms with Gasteiger partial charge < -0.3 is 19.3 Å². The van der Waals surface area contributed by atoms with Crippen molar-refractivity contribution in [1.29, 1.82) is 0 Å². The average molecular weight is 723 g/mol. The van der Waals surface area contributed by atoms with E-state index in [4.69, 9.17) is 0 Å². The van der Waals surface area contributed by atoms with Crippen molar-refractivity contribution < 1.29 is 95.3 Å². The Kier molecular flexibility index (Phi) is 12.4. The SMILES string of the molecule is O=S(=O)([O-])c1cc(N=Nc2c(O)ccc3ccccc23)ccc1C#Cc1ccc(N=Nc2c(O)ccc3ccccc23)cc1S(=O)(=O)[O-].[Na+].[Na+]. The number of hydrogen-bond donors (Lipinski definition) is 2. The third-order valence-corrected chi connectivity index (χ3v) is 8.84. The van der Waals surface area contributed by atoms with E-state index in [9.17, 15) is 36.2 Å². The fraction of sp³-hybridized carbons (Fsp3) is 0. The molecule has 0 amide bonds. The molecule has 16 heteroatoms. The molecule has 0 aliphatic heterocycles. The maximum Gasteiger partial charge on any atom is 1.00 e. The summed E-state index contributed by atoms with van der Waals surface area (Å²) in [6.45, 7) is 0. The number of rotatable bonds is 6. The van der Waals surface area contributed by atoms with E-state index < -0.39 is 30.0 Å². The molecule has 2 N–H and O–H groups in total. The van der Waals surface area contributed by atoms with Gasteiger partial charge in [0.25, 0.3) is 0 Å². The number of nitrogens with zero attached hydrogens (tertiary/aromatic N) is 4. The molecule has 0 radical (unpaired) electrons. The van der Waals surface area contributed by atoms with Crippen molar-refractivity contribution in [2.75, 3.05) is 0 Å². The molecule has 0 saturated carbocycles. The van der Waals surface area contributed by atoms with Gasteiger partial charge in [0.05, 0.1) is 21.2 Å². The van der Waals surface area contributed by atoms with Gasteiger partial charge in [-0.3, -0.25) is 0 Å². The van der Waals surface area contributed by atoms with Gasteiger partial charge in [-0.15, -0.1) is 10.2 Å². The Hall–Kier alpha value is -3.98. The summed E-state index contributed by atoms with van der Waals surface area (Å²) in [4.78, 5) is -1.53. The van der Waals surface area contributed by atoms with Gasteiger partial charge in [0, 0.05) is 21.9 Å². The zero-order valence-electron chi connectivity index (χ0n) is 26.3. The van der Waals surface area contributed by atoms with Crippen molar-refractivity contribution in [3.63, 3.8) is 0 Å². The molecule has 0 saturated heterocycles. The van der Waals surface area contributed by atoms with E-state index in [0.29, 0.717) is 10.8 Å². The fourth-order valence-corrected chi connectivity index (χ4v) is 6.12. The van der Waals surface area contributed by atoms with Gasteiger partial charge in [0.15, 0.2) is 0 Å². The van der Waals surface area contributed by atoms with E-state index in [-0.39, 0.29) is 104 Å². The molecule has 0 aliphatic carbocycles. The molecule has 0 bridgehead atoms. The monoisotopic (exact) mass is 722 g/mol. The van der Waals surface area contributed by atoms with Crippen LogP contribution < -0.4 is 59.1 Å². The number of hydrogen-bond acceptors (Lipinski definition) is 12. The molecule has 6 aromatic rings. The molecule has 6 aromatic carbocycles. The molecule has 50 heavy (non-hydrogen) atoms. The summed E-state index contributed by atoms with van der Waals surface area (Å²) >= 11 is 0. The Labute approximate surface area is 330 Å². The van der Waals surface area contributed by atoms with Crippen molar-refractivity contribution in [2.24, 2.45) is 20.5 Å². The van der Waals surface area contributed by atoms with Crippen LogP contribution in [-0.4, -0.2) is 36.2 Å². The Morgan fingerprint density at radius 1 is 0.500 bits per heavy atom. The van der Waals surface area contributed by atoms with Crippen LogP contribution in [0.25, 0.3) is 21.5 Å². The van der Waals surface area contributed by atoms with Gasteiger partial charge in [-0.1, -0.05) is 72.5 Å². The zero-order chi connectivity index (χ0) is 34.1. The quantitative estimate of drug-likeness (QED) is 0.111. The molecule has 0 fully saturated rings. The Bertz CT molecular complexity index is 2440. The van der Waals surface area contributed by atoms with Gasteiger partial charge in [0.1, 0.15) is 43.1 Å². The second kappa shape index (κ2) is 15.9. The smallest absolute Gasteiger partial charge is 0.744 e. The van der Waals surface area contributed by atoms with Crippen LogP contribution in [0.1, 0.15) is 11.1 Å². The van der Waals surface area contributed by atoms with E-state index >= 15 is 0 Å². The van der Waals surface area contributed by atoms with Crippen molar-refractivity contribution >= 4 is 64.5 Å². The molecular formula is C34H20N4Na2O8S2. The molecule has 238 valence electrons. The first kappa shape index (κ1) is 38.8. The minimum Gasteiger partial charge on any atom is -0.744 e. The summed E-state index contributed by atoms with van der Waals surface area (Å²) in [7, 11) is -10.2. The Morgan fingerprint density at radius 2 is 0.880 bits per heavy atom. The topological polar surface area (TPSA) is 204 Å². The van der Waals surface area contributed by atoms with E-state index in [2.05, 4.69) is 32.3 Å². The van der Waals surface area contributed by atoms with Gasteiger partial charge in [-0.05, 0) is 59.3 Å². The van der Waals surface area contributed by atoms with Crippen molar-refractivity contribution in [3.8, 4) is 23.3 Å². The predicted molar refractivity (Wildman–Crippen MR) is 174 cm³/mol. The van der Waals surface area contributed by atoms with Crippen LogP contribution in [0.5, 0.6) is 11.5 Å². The fourth-order valence-electron chi connectivity index (χ4n) is 4.81. The van der Waals surface area contributed by atoms with Crippen LogP contribution in [0, 0.1) is 11.8 Å². The molecule has 0 heterocycles. The third kappa shape index (κ3) is 8.66. The van der Waals surface area contributed by atoms with E-state index in [1.807, 2.05) is 12.1 Å². The number of phenols is 2. The van der Waals surface area contributed by atoms with Crippen LogP contribution in [0.4, 0.5) is 22.7 Å². The molecule has 0 aliphatic rings. The van der Waals surface area contributed by atoms with Gasteiger partial charge in [-0.25, -0.2) is 16.8 Å². The molecule has 0 unspecified atom stereocenters. The first-order chi connectivity index (χ1) is 22.9. The van der Waals surface area contributed by atoms with Crippen LogP contribution in [-0.2, 0) is 20.2 Å². The number of phenolic OH excluding ortho intramolecular Hbond substituents is 2. The standard InChI is InChI=1S/C34H22N4O8S2.2Na/c39-29-17-13-21-5-1-3-7-27(21)33(29)37-35-25-15-11-23(31(19-25)47(41,42)43)9-10-24-12-16-26(20-32(24)48(44,45)46)36-38-34-28-8-4-2-6-22(28)14-18-30(34)40;;/h1-8,11-20,39-40H,(H,41,42,43)(H,44,45,46);;/q;2*+1/p-2. The Morgan fingerprint density at radius 3 is 1.26 bits per heavy atom. The summed E-state index contributed by atoms with van der Waals surface area (Å²) in [5, 5.41) is 39.5. The van der Waals surface area contributed by atoms with Crippen molar-refractivity contribution in [2.45, 2.75) is 9.79 Å². The van der Waals surface area contributed by atoms with Crippen molar-refractivity contribution in [3.05, 3.63) is 120 Å². The Balaban J connectivity index is 0.00000281. The number of azo groups is 2. The van der Waals surface area contributed by atoms with E-state index in [1.54, 1.807) is 48.5 Å². The minimum absolute atomic E-state index is 0. The summed E-state index contributed by atoms with van der Waals surface area (Å²) in [5.74, 6) is 4.58. The third-order valence-electron chi connectivity index (χ3n) is 7.09. The van der Waals surface area contributed by atoms with E-state index in [1.165, 1.54) is 36.4 Å². The summed E-state index contributed by atoms with van der Waals surface area (Å²) in [6.07, 6.45) is 0. The maximum absolute atomic E-state index is 12.2. The molecular weight excluding hydrogens is 703 g/mol. The van der Waals surface area contributed by atoms with E-state index in [0.717, 1.165) is 22.9 Å². The largest absolute Gasteiger partial charge is 1.00 e. The number of aromatic hydroxyl groups is 2. The summed E-state index contributed by atoms with van der Waals surface area (Å²) in [5.41, 5.74) is -0.407. The number of benzene rings is 6. The average Bonchev–Trinajstić information content (AvgIpc) is 3.06. The maximum atomic E-state index is 12.2. The second-order valence-corrected chi connectivity index (χ2v) is 12.9. The number of fused-ring (bicyclic) bond motifs is 2. The van der Waals surface area contributed by atoms with Crippen LogP contribution in [0.3, 0.4) is 0 Å². The zero-order valence-corrected chi connectivity index (χ0v) is 32.0.